The van der Waals surface area contributed by atoms with Gasteiger partial charge in [0.05, 0.1) is 18.4 Å². The number of nitrogens with zero attached hydrogens (tertiary/aromatic N) is 2. The highest BCUT2D eigenvalue weighted by molar-refractivity contribution is 5.94. The van der Waals surface area contributed by atoms with E-state index < -0.39 is 0 Å². The Bertz CT molecular complexity index is 510. The molecule has 0 radical (unpaired) electrons. The van der Waals surface area contributed by atoms with Crippen molar-refractivity contribution in [1.82, 2.24) is 15.3 Å². The quantitative estimate of drug-likeness (QED) is 0.851. The minimum atomic E-state index is -0.0875. The van der Waals surface area contributed by atoms with Gasteiger partial charge in [0.15, 0.2) is 0 Å². The Morgan fingerprint density at radius 3 is 2.61 bits per heavy atom. The van der Waals surface area contributed by atoms with Crippen LogP contribution in [0.5, 0.6) is 0 Å². The molecule has 5 nitrogen and oxygen atoms in total. The molecule has 18 heavy (non-hydrogen) atoms. The van der Waals surface area contributed by atoms with E-state index >= 15 is 0 Å². The molecule has 0 bridgehead atoms. The third-order valence-electron chi connectivity index (χ3n) is 2.46. The van der Waals surface area contributed by atoms with Crippen LogP contribution < -0.4 is 10.6 Å². The highest BCUT2D eigenvalue weighted by Gasteiger charge is 2.02. The molecule has 1 aromatic carbocycles. The lowest BCUT2D eigenvalue weighted by Crippen LogP contribution is -2.17. The number of nitrogens with one attached hydrogen (secondary N) is 2. The van der Waals surface area contributed by atoms with Crippen LogP contribution >= 0.6 is 0 Å². The van der Waals surface area contributed by atoms with Crippen LogP contribution in [0.1, 0.15) is 16.1 Å². The molecule has 0 unspecified atom stereocenters. The first-order valence-electron chi connectivity index (χ1n) is 5.60. The Morgan fingerprint density at radius 2 is 2.00 bits per heavy atom. The van der Waals surface area contributed by atoms with Crippen LogP contribution in [-0.2, 0) is 6.54 Å². The molecule has 2 rings (SSSR count). The number of hydrogen-bond acceptors (Lipinski definition) is 4. The van der Waals surface area contributed by atoms with Crippen molar-refractivity contribution in [2.24, 2.45) is 0 Å². The summed E-state index contributed by atoms with van der Waals surface area (Å²) in [6, 6.07) is 7.28. The fraction of sp³-hybridized carbons (Fsp3) is 0.154. The van der Waals surface area contributed by atoms with Crippen molar-refractivity contribution in [1.29, 1.82) is 0 Å². The highest BCUT2D eigenvalue weighted by atomic mass is 16.1. The van der Waals surface area contributed by atoms with E-state index in [1.165, 1.54) is 0 Å². The Kier molecular flexibility index (Phi) is 3.86. The molecule has 2 N–H and O–H groups in total. The smallest absolute Gasteiger partial charge is 0.251 e. The fourth-order valence-corrected chi connectivity index (χ4v) is 1.50. The van der Waals surface area contributed by atoms with Crippen molar-refractivity contribution in [2.45, 2.75) is 6.54 Å². The summed E-state index contributed by atoms with van der Waals surface area (Å²) in [4.78, 5) is 19.5. The minimum Gasteiger partial charge on any atom is -0.379 e. The van der Waals surface area contributed by atoms with Crippen LogP contribution in [0.2, 0.25) is 0 Å². The summed E-state index contributed by atoms with van der Waals surface area (Å²) in [5.74, 6) is -0.0875. The van der Waals surface area contributed by atoms with E-state index in [4.69, 9.17) is 0 Å². The van der Waals surface area contributed by atoms with Crippen LogP contribution in [-0.4, -0.2) is 22.9 Å². The molecular weight excluding hydrogens is 228 g/mol. The topological polar surface area (TPSA) is 66.9 Å². The third-order valence-corrected chi connectivity index (χ3v) is 2.46. The number of carbonyl (C=O) groups excluding carboxylic acids is 1. The monoisotopic (exact) mass is 242 g/mol. The van der Waals surface area contributed by atoms with Gasteiger partial charge in [-0.3, -0.25) is 14.8 Å². The van der Waals surface area contributed by atoms with Gasteiger partial charge in [-0.15, -0.1) is 0 Å². The molecule has 0 fully saturated rings. The average molecular weight is 242 g/mol. The van der Waals surface area contributed by atoms with Crippen LogP contribution in [0.4, 0.5) is 5.69 Å². The first-order chi connectivity index (χ1) is 8.79. The maximum atomic E-state index is 11.4. The predicted octanol–water partition coefficient (Wildman–Crippen LogP) is 1.45. The Labute approximate surface area is 105 Å². The summed E-state index contributed by atoms with van der Waals surface area (Å²) in [5.41, 5.74) is 2.45. The van der Waals surface area contributed by atoms with Gasteiger partial charge in [-0.1, -0.05) is 0 Å². The summed E-state index contributed by atoms with van der Waals surface area (Å²) >= 11 is 0. The van der Waals surface area contributed by atoms with E-state index in [0.717, 1.165) is 11.4 Å². The second-order valence-electron chi connectivity index (χ2n) is 3.71. The summed E-state index contributed by atoms with van der Waals surface area (Å²) < 4.78 is 0. The van der Waals surface area contributed by atoms with E-state index in [1.807, 2.05) is 12.1 Å². The van der Waals surface area contributed by atoms with Gasteiger partial charge >= 0.3 is 0 Å². The highest BCUT2D eigenvalue weighted by Crippen LogP contribution is 2.10. The van der Waals surface area contributed by atoms with Gasteiger partial charge in [-0.25, -0.2) is 0 Å². The summed E-state index contributed by atoms with van der Waals surface area (Å²) in [6.07, 6.45) is 5.01. The molecular formula is C13H14N4O. The Balaban J connectivity index is 1.97. The molecule has 5 heteroatoms. The normalized spacial score (nSPS) is 9.83. The van der Waals surface area contributed by atoms with Gasteiger partial charge < -0.3 is 10.6 Å². The van der Waals surface area contributed by atoms with E-state index in [0.29, 0.717) is 12.1 Å². The van der Waals surface area contributed by atoms with Crippen molar-refractivity contribution in [3.8, 4) is 0 Å². The van der Waals surface area contributed by atoms with Crippen LogP contribution in [0.25, 0.3) is 0 Å². The molecule has 0 spiro atoms. The zero-order valence-corrected chi connectivity index (χ0v) is 10.1. The van der Waals surface area contributed by atoms with Gasteiger partial charge in [-0.05, 0) is 24.3 Å². The zero-order chi connectivity index (χ0) is 12.8. The molecule has 0 saturated carbocycles. The van der Waals surface area contributed by atoms with Crippen molar-refractivity contribution in [3.63, 3.8) is 0 Å². The lowest BCUT2D eigenvalue weighted by atomic mass is 10.2. The summed E-state index contributed by atoms with van der Waals surface area (Å²) in [7, 11) is 1.61. The predicted molar refractivity (Wildman–Crippen MR) is 69.2 cm³/mol. The van der Waals surface area contributed by atoms with Crippen molar-refractivity contribution >= 4 is 11.6 Å². The number of benzene rings is 1. The molecule has 1 amide bonds. The van der Waals surface area contributed by atoms with Gasteiger partial charge in [0.2, 0.25) is 0 Å². The van der Waals surface area contributed by atoms with E-state index in [2.05, 4.69) is 20.6 Å². The van der Waals surface area contributed by atoms with Crippen LogP contribution in [0.3, 0.4) is 0 Å². The fourth-order valence-electron chi connectivity index (χ4n) is 1.50. The molecule has 0 aliphatic heterocycles. The number of amides is 1. The molecule has 0 saturated heterocycles. The van der Waals surface area contributed by atoms with Crippen molar-refractivity contribution in [3.05, 3.63) is 54.1 Å². The first kappa shape index (κ1) is 12.0. The van der Waals surface area contributed by atoms with Crippen molar-refractivity contribution in [2.75, 3.05) is 12.4 Å². The lowest BCUT2D eigenvalue weighted by molar-refractivity contribution is 0.0963. The Hall–Kier alpha value is -2.43. The molecule has 1 aromatic heterocycles. The van der Waals surface area contributed by atoms with Crippen molar-refractivity contribution < 1.29 is 4.79 Å². The number of anilines is 1. The Morgan fingerprint density at radius 1 is 1.22 bits per heavy atom. The molecule has 1 heterocycles. The molecule has 0 aliphatic rings. The van der Waals surface area contributed by atoms with Gasteiger partial charge in [0.25, 0.3) is 5.91 Å². The van der Waals surface area contributed by atoms with Gasteiger partial charge in [-0.2, -0.15) is 0 Å². The number of aromatic nitrogens is 2. The molecule has 2 aromatic rings. The second kappa shape index (κ2) is 5.77. The van der Waals surface area contributed by atoms with Gasteiger partial charge in [0.1, 0.15) is 0 Å². The second-order valence-corrected chi connectivity index (χ2v) is 3.71. The van der Waals surface area contributed by atoms with E-state index in [-0.39, 0.29) is 5.91 Å². The largest absolute Gasteiger partial charge is 0.379 e. The van der Waals surface area contributed by atoms with Crippen LogP contribution in [0, 0.1) is 0 Å². The summed E-state index contributed by atoms with van der Waals surface area (Å²) in [5, 5.41) is 5.79. The number of hydrogen-bond donors (Lipinski definition) is 2. The standard InChI is InChI=1S/C13H14N4O/c1-14-13(18)10-2-4-11(5-3-10)17-9-12-8-15-6-7-16-12/h2-8,17H,9H2,1H3,(H,14,18). The number of rotatable bonds is 4. The maximum absolute atomic E-state index is 11.4. The van der Waals surface area contributed by atoms with Crippen LogP contribution in [0.15, 0.2) is 42.9 Å². The first-order valence-corrected chi connectivity index (χ1v) is 5.60. The zero-order valence-electron chi connectivity index (χ0n) is 10.1. The molecule has 92 valence electrons. The number of carbonyl (C=O) groups is 1. The third kappa shape index (κ3) is 3.04. The molecule has 0 aliphatic carbocycles. The van der Waals surface area contributed by atoms with Gasteiger partial charge in [0, 0.05) is 30.7 Å². The average Bonchev–Trinajstić information content (AvgIpc) is 2.46. The lowest BCUT2D eigenvalue weighted by Gasteiger charge is -2.06. The van der Waals surface area contributed by atoms with E-state index in [9.17, 15) is 4.79 Å². The summed E-state index contributed by atoms with van der Waals surface area (Å²) in [6.45, 7) is 0.604. The van der Waals surface area contributed by atoms with E-state index in [1.54, 1.807) is 37.8 Å². The molecule has 0 atom stereocenters. The maximum Gasteiger partial charge on any atom is 0.251 e. The minimum absolute atomic E-state index is 0.0875. The SMILES string of the molecule is CNC(=O)c1ccc(NCc2cnccn2)cc1.